The number of carbonyl (C=O) groups excluding carboxylic acids is 1. The summed E-state index contributed by atoms with van der Waals surface area (Å²) < 4.78 is 0. The van der Waals surface area contributed by atoms with Crippen molar-refractivity contribution >= 4 is 22.9 Å². The van der Waals surface area contributed by atoms with Crippen molar-refractivity contribution in [3.8, 4) is 0 Å². The second-order valence-corrected chi connectivity index (χ2v) is 8.75. The van der Waals surface area contributed by atoms with Crippen LogP contribution in [0.2, 0.25) is 0 Å². The number of hydrogen-bond acceptors (Lipinski definition) is 4. The third-order valence-electron chi connectivity index (χ3n) is 6.40. The highest BCUT2D eigenvalue weighted by Crippen LogP contribution is 2.29. The maximum Gasteiger partial charge on any atom is 0.307 e. The van der Waals surface area contributed by atoms with Crippen LogP contribution in [0.1, 0.15) is 48.7 Å². The van der Waals surface area contributed by atoms with Crippen LogP contribution in [-0.2, 0) is 22.4 Å². The van der Waals surface area contributed by atoms with Crippen molar-refractivity contribution in [2.45, 2.75) is 44.6 Å². The first kappa shape index (κ1) is 22.0. The molecule has 1 heterocycles. The Morgan fingerprint density at radius 3 is 2.53 bits per heavy atom. The Hall–Kier alpha value is -3.19. The van der Waals surface area contributed by atoms with Gasteiger partial charge in [0, 0.05) is 5.92 Å². The molecule has 1 saturated carbocycles. The molecule has 0 radical (unpaired) electrons. The summed E-state index contributed by atoms with van der Waals surface area (Å²) in [5, 5.41) is 12.3. The molecule has 168 valence electrons. The molecule has 1 aliphatic rings. The predicted octanol–water partition coefficient (Wildman–Crippen LogP) is 3.36. The lowest BCUT2D eigenvalue weighted by Crippen LogP contribution is -2.37. The van der Waals surface area contributed by atoms with Crippen molar-refractivity contribution in [2.24, 2.45) is 17.6 Å². The first-order valence-electron chi connectivity index (χ1n) is 11.3. The third kappa shape index (κ3) is 5.34. The molecule has 1 fully saturated rings. The quantitative estimate of drug-likeness (QED) is 0.433. The second-order valence-electron chi connectivity index (χ2n) is 8.75. The first-order chi connectivity index (χ1) is 15.5. The van der Waals surface area contributed by atoms with E-state index in [-0.39, 0.29) is 24.3 Å². The molecule has 1 amide bonds. The molecule has 7 nitrogen and oxygen atoms in total. The minimum absolute atomic E-state index is 0.00243. The first-order valence-corrected chi connectivity index (χ1v) is 11.3. The van der Waals surface area contributed by atoms with Gasteiger partial charge in [0.05, 0.1) is 23.5 Å². The van der Waals surface area contributed by atoms with Gasteiger partial charge >= 0.3 is 5.97 Å². The molecule has 7 heteroatoms. The molecule has 0 aliphatic heterocycles. The molecule has 1 atom stereocenters. The molecule has 1 aromatic heterocycles. The largest absolute Gasteiger partial charge is 0.481 e. The lowest BCUT2D eigenvalue weighted by atomic mass is 9.81. The van der Waals surface area contributed by atoms with E-state index in [0.717, 1.165) is 36.8 Å². The number of fused-ring (bicyclic) bond motifs is 1. The zero-order valence-electron chi connectivity index (χ0n) is 18.1. The number of imidazole rings is 1. The van der Waals surface area contributed by atoms with Crippen LogP contribution in [-0.4, -0.2) is 33.5 Å². The Kier molecular flexibility index (Phi) is 6.85. The molecule has 32 heavy (non-hydrogen) atoms. The highest BCUT2D eigenvalue weighted by atomic mass is 16.4. The number of aromatic nitrogens is 2. The van der Waals surface area contributed by atoms with E-state index in [9.17, 15) is 9.59 Å². The molecule has 5 N–H and O–H groups in total. The molecule has 0 spiro atoms. The van der Waals surface area contributed by atoms with Gasteiger partial charge in [-0.25, -0.2) is 4.98 Å². The van der Waals surface area contributed by atoms with E-state index in [0.29, 0.717) is 35.8 Å². The SMILES string of the molecule is NCC1CCC(C(=O)N[C@@H](Cc2ccccc2)c2nc3cc(CC(=O)O)ccc3[nH]2)CC1. The number of carbonyl (C=O) groups is 2. The minimum Gasteiger partial charge on any atom is -0.481 e. The van der Waals surface area contributed by atoms with Gasteiger partial charge in [-0.3, -0.25) is 9.59 Å². The molecule has 4 rings (SSSR count). The monoisotopic (exact) mass is 434 g/mol. The maximum atomic E-state index is 13.1. The number of hydrogen-bond donors (Lipinski definition) is 4. The molecule has 1 aliphatic carbocycles. The number of carboxylic acid groups (broad SMARTS) is 1. The van der Waals surface area contributed by atoms with Crippen molar-refractivity contribution < 1.29 is 14.7 Å². The summed E-state index contributed by atoms with van der Waals surface area (Å²) in [7, 11) is 0. The molecule has 2 aromatic carbocycles. The van der Waals surface area contributed by atoms with Crippen LogP contribution in [0.15, 0.2) is 48.5 Å². The highest BCUT2D eigenvalue weighted by molar-refractivity contribution is 5.80. The van der Waals surface area contributed by atoms with Crippen LogP contribution in [0.5, 0.6) is 0 Å². The molecule has 0 unspecified atom stereocenters. The van der Waals surface area contributed by atoms with Gasteiger partial charge < -0.3 is 21.1 Å². The van der Waals surface area contributed by atoms with E-state index < -0.39 is 5.97 Å². The van der Waals surface area contributed by atoms with Crippen molar-refractivity contribution in [3.63, 3.8) is 0 Å². The molecular formula is C25H30N4O3. The Morgan fingerprint density at radius 2 is 1.84 bits per heavy atom. The summed E-state index contributed by atoms with van der Waals surface area (Å²) in [6.07, 6.45) is 4.29. The standard InChI is InChI=1S/C25H30N4O3/c26-15-17-6-9-19(10-7-17)25(32)29-22(12-16-4-2-1-3-5-16)24-27-20-11-8-18(14-23(30)31)13-21(20)28-24/h1-5,8,11,13,17,19,22H,6-7,9-10,12,14-15,26H2,(H,27,28)(H,29,32)(H,30,31)/t17?,19?,22-/m0/s1. The van der Waals surface area contributed by atoms with E-state index in [1.165, 1.54) is 0 Å². The molecule has 0 bridgehead atoms. The van der Waals surface area contributed by atoms with Crippen molar-refractivity contribution in [1.82, 2.24) is 15.3 Å². The molecule has 0 saturated heterocycles. The van der Waals surface area contributed by atoms with Gasteiger partial charge in [0.1, 0.15) is 5.82 Å². The summed E-state index contributed by atoms with van der Waals surface area (Å²) in [6, 6.07) is 15.2. The number of nitrogens with one attached hydrogen (secondary N) is 2. The zero-order valence-corrected chi connectivity index (χ0v) is 18.1. The number of aliphatic carboxylic acids is 1. The van der Waals surface area contributed by atoms with Crippen LogP contribution in [0.4, 0.5) is 0 Å². The number of nitrogens with zero attached hydrogens (tertiary/aromatic N) is 1. The third-order valence-corrected chi connectivity index (χ3v) is 6.40. The summed E-state index contributed by atoms with van der Waals surface area (Å²) in [6.45, 7) is 0.688. The van der Waals surface area contributed by atoms with E-state index in [1.807, 2.05) is 36.4 Å². The summed E-state index contributed by atoms with van der Waals surface area (Å²) in [5.41, 5.74) is 9.13. The number of amides is 1. The number of H-pyrrole nitrogens is 1. The second kappa shape index (κ2) is 9.96. The number of benzene rings is 2. The van der Waals surface area contributed by atoms with Gasteiger partial charge in [-0.1, -0.05) is 36.4 Å². The van der Waals surface area contributed by atoms with Crippen molar-refractivity contribution in [3.05, 3.63) is 65.5 Å². The van der Waals surface area contributed by atoms with Crippen LogP contribution in [0.3, 0.4) is 0 Å². The Balaban J connectivity index is 1.56. The van der Waals surface area contributed by atoms with Gasteiger partial charge in [0.15, 0.2) is 0 Å². The fourth-order valence-corrected chi connectivity index (χ4v) is 4.54. The van der Waals surface area contributed by atoms with Crippen LogP contribution < -0.4 is 11.1 Å². The topological polar surface area (TPSA) is 121 Å². The molecular weight excluding hydrogens is 404 g/mol. The van der Waals surface area contributed by atoms with Gasteiger partial charge in [0.25, 0.3) is 0 Å². The Morgan fingerprint density at radius 1 is 1.09 bits per heavy atom. The van der Waals surface area contributed by atoms with Crippen LogP contribution in [0, 0.1) is 11.8 Å². The zero-order chi connectivity index (χ0) is 22.5. The number of rotatable bonds is 8. The average molecular weight is 435 g/mol. The lowest BCUT2D eigenvalue weighted by molar-refractivity contribution is -0.136. The summed E-state index contributed by atoms with van der Waals surface area (Å²) in [4.78, 5) is 32.2. The molecule has 3 aromatic rings. The van der Waals surface area contributed by atoms with E-state index in [4.69, 9.17) is 15.8 Å². The predicted molar refractivity (Wildman–Crippen MR) is 123 cm³/mol. The summed E-state index contributed by atoms with van der Waals surface area (Å²) >= 11 is 0. The fraction of sp³-hybridized carbons (Fsp3) is 0.400. The number of nitrogens with two attached hydrogens (primary N) is 1. The summed E-state index contributed by atoms with van der Waals surface area (Å²) in [5.74, 6) is 0.393. The van der Waals surface area contributed by atoms with E-state index >= 15 is 0 Å². The number of aromatic amines is 1. The van der Waals surface area contributed by atoms with Crippen molar-refractivity contribution in [1.29, 1.82) is 0 Å². The van der Waals surface area contributed by atoms with Gasteiger partial charge in [0.2, 0.25) is 5.91 Å². The van der Waals surface area contributed by atoms with E-state index in [1.54, 1.807) is 12.1 Å². The Bertz CT molecular complexity index is 1070. The minimum atomic E-state index is -0.876. The Labute approximate surface area is 187 Å². The van der Waals surface area contributed by atoms with Gasteiger partial charge in [-0.2, -0.15) is 0 Å². The maximum absolute atomic E-state index is 13.1. The average Bonchev–Trinajstić information content (AvgIpc) is 3.22. The van der Waals surface area contributed by atoms with Crippen molar-refractivity contribution in [2.75, 3.05) is 6.54 Å². The fourth-order valence-electron chi connectivity index (χ4n) is 4.54. The van der Waals surface area contributed by atoms with E-state index in [2.05, 4.69) is 10.3 Å². The lowest BCUT2D eigenvalue weighted by Gasteiger charge is -2.28. The highest BCUT2D eigenvalue weighted by Gasteiger charge is 2.28. The number of carboxylic acids is 1. The normalized spacial score (nSPS) is 19.5. The smallest absolute Gasteiger partial charge is 0.307 e. The van der Waals surface area contributed by atoms with Crippen LogP contribution in [0.25, 0.3) is 11.0 Å². The van der Waals surface area contributed by atoms with Crippen LogP contribution >= 0.6 is 0 Å². The van der Waals surface area contributed by atoms with Gasteiger partial charge in [-0.05, 0) is 67.8 Å². The van der Waals surface area contributed by atoms with Gasteiger partial charge in [-0.15, -0.1) is 0 Å².